The summed E-state index contributed by atoms with van der Waals surface area (Å²) in [5.41, 5.74) is 2.27. The molecule has 0 saturated heterocycles. The number of hydrogen-bond acceptors (Lipinski definition) is 2. The van der Waals surface area contributed by atoms with Gasteiger partial charge >= 0.3 is 0 Å². The molecule has 0 amide bonds. The molecule has 20 heavy (non-hydrogen) atoms. The fourth-order valence-electron chi connectivity index (χ4n) is 2.57. The van der Waals surface area contributed by atoms with Crippen LogP contribution in [-0.2, 0) is 0 Å². The fourth-order valence-corrected chi connectivity index (χ4v) is 2.57. The van der Waals surface area contributed by atoms with Crippen LogP contribution in [-0.4, -0.2) is 7.11 Å². The zero-order valence-electron chi connectivity index (χ0n) is 11.9. The lowest BCUT2D eigenvalue weighted by molar-refractivity contribution is 0.414. The summed E-state index contributed by atoms with van der Waals surface area (Å²) < 4.78 is 5.19. The molecular formula is C18H19NO. The number of methoxy groups -OCH3 is 1. The quantitative estimate of drug-likeness (QED) is 0.797. The van der Waals surface area contributed by atoms with E-state index in [4.69, 9.17) is 4.74 Å². The molecule has 2 rings (SSSR count). The van der Waals surface area contributed by atoms with Crippen molar-refractivity contribution in [1.29, 1.82) is 5.26 Å². The van der Waals surface area contributed by atoms with Crippen LogP contribution in [0.5, 0.6) is 5.75 Å². The van der Waals surface area contributed by atoms with E-state index in [1.807, 2.05) is 42.5 Å². The lowest BCUT2D eigenvalue weighted by atomic mass is 9.81. The van der Waals surface area contributed by atoms with E-state index in [1.165, 1.54) is 5.56 Å². The Morgan fingerprint density at radius 3 is 2.15 bits per heavy atom. The maximum Gasteiger partial charge on any atom is 0.118 e. The molecule has 0 heterocycles. The van der Waals surface area contributed by atoms with Crippen LogP contribution in [0.3, 0.4) is 0 Å². The minimum Gasteiger partial charge on any atom is -0.497 e. The predicted molar refractivity (Wildman–Crippen MR) is 80.8 cm³/mol. The van der Waals surface area contributed by atoms with E-state index in [0.29, 0.717) is 0 Å². The molecule has 2 nitrogen and oxygen atoms in total. The molecule has 102 valence electrons. The topological polar surface area (TPSA) is 33.0 Å². The normalized spacial score (nSPS) is 13.2. The van der Waals surface area contributed by atoms with Gasteiger partial charge in [0, 0.05) is 5.92 Å². The molecule has 2 heteroatoms. The first-order valence-corrected chi connectivity index (χ1v) is 6.88. The molecule has 0 spiro atoms. The third-order valence-electron chi connectivity index (χ3n) is 3.68. The van der Waals surface area contributed by atoms with Crippen molar-refractivity contribution in [3.63, 3.8) is 0 Å². The second-order valence-electron chi connectivity index (χ2n) is 4.81. The maximum atomic E-state index is 9.57. The Balaban J connectivity index is 2.32. The van der Waals surface area contributed by atoms with Gasteiger partial charge in [-0.15, -0.1) is 0 Å². The molecule has 0 aliphatic heterocycles. The van der Waals surface area contributed by atoms with E-state index in [2.05, 4.69) is 25.1 Å². The van der Waals surface area contributed by atoms with Crippen LogP contribution in [0, 0.1) is 11.3 Å². The number of hydrogen-bond donors (Lipinski definition) is 0. The molecule has 2 aromatic carbocycles. The van der Waals surface area contributed by atoms with Crippen molar-refractivity contribution in [3.05, 3.63) is 65.7 Å². The van der Waals surface area contributed by atoms with Gasteiger partial charge in [0.1, 0.15) is 5.75 Å². The van der Waals surface area contributed by atoms with Crippen molar-refractivity contribution >= 4 is 0 Å². The molecule has 0 radical (unpaired) electrons. The number of nitriles is 1. The molecular weight excluding hydrogens is 246 g/mol. The van der Waals surface area contributed by atoms with Gasteiger partial charge in [-0.3, -0.25) is 0 Å². The largest absolute Gasteiger partial charge is 0.497 e. The van der Waals surface area contributed by atoms with Crippen molar-refractivity contribution in [2.75, 3.05) is 7.11 Å². The zero-order chi connectivity index (χ0) is 14.4. The number of benzene rings is 2. The Kier molecular flexibility index (Phi) is 4.79. The molecule has 0 N–H and O–H groups in total. The predicted octanol–water partition coefficient (Wildman–Crippen LogP) is 4.50. The molecule has 0 saturated carbocycles. The van der Waals surface area contributed by atoms with Crippen LogP contribution in [0.1, 0.15) is 36.3 Å². The van der Waals surface area contributed by atoms with Crippen molar-refractivity contribution in [3.8, 4) is 11.8 Å². The lowest BCUT2D eigenvalue weighted by Crippen LogP contribution is -2.09. The highest BCUT2D eigenvalue weighted by atomic mass is 16.5. The van der Waals surface area contributed by atoms with E-state index < -0.39 is 0 Å². The first-order chi connectivity index (χ1) is 9.80. The third-order valence-corrected chi connectivity index (χ3v) is 3.68. The second-order valence-corrected chi connectivity index (χ2v) is 4.81. The smallest absolute Gasteiger partial charge is 0.118 e. The minimum atomic E-state index is -0.116. The second kappa shape index (κ2) is 6.77. The monoisotopic (exact) mass is 265 g/mol. The first-order valence-electron chi connectivity index (χ1n) is 6.88. The van der Waals surface area contributed by atoms with Gasteiger partial charge in [0.05, 0.1) is 19.1 Å². The molecule has 2 aromatic rings. The summed E-state index contributed by atoms with van der Waals surface area (Å²) in [6, 6.07) is 20.5. The van der Waals surface area contributed by atoms with Crippen LogP contribution in [0.2, 0.25) is 0 Å². The number of nitrogens with zero attached hydrogens (tertiary/aromatic N) is 1. The van der Waals surface area contributed by atoms with Crippen LogP contribution in [0.15, 0.2) is 54.6 Å². The van der Waals surface area contributed by atoms with Crippen LogP contribution < -0.4 is 4.74 Å². The van der Waals surface area contributed by atoms with Gasteiger partial charge < -0.3 is 4.74 Å². The van der Waals surface area contributed by atoms with Crippen LogP contribution >= 0.6 is 0 Å². The van der Waals surface area contributed by atoms with Gasteiger partial charge in [-0.25, -0.2) is 0 Å². The summed E-state index contributed by atoms with van der Waals surface area (Å²) in [7, 11) is 1.66. The summed E-state index contributed by atoms with van der Waals surface area (Å²) in [4.78, 5) is 0. The Morgan fingerprint density at radius 1 is 1.00 bits per heavy atom. The highest BCUT2D eigenvalue weighted by Gasteiger charge is 2.23. The highest BCUT2D eigenvalue weighted by Crippen LogP contribution is 2.35. The molecule has 0 fully saturated rings. The van der Waals surface area contributed by atoms with Gasteiger partial charge in [0.25, 0.3) is 0 Å². The average molecular weight is 265 g/mol. The lowest BCUT2D eigenvalue weighted by Gasteiger charge is -2.21. The molecule has 0 unspecified atom stereocenters. The number of ether oxygens (including phenoxy) is 1. The van der Waals surface area contributed by atoms with E-state index in [1.54, 1.807) is 7.11 Å². The Hall–Kier alpha value is -2.27. The van der Waals surface area contributed by atoms with Gasteiger partial charge in [-0.2, -0.15) is 5.26 Å². The molecule has 0 aromatic heterocycles. The molecule has 0 aliphatic carbocycles. The molecule has 2 atom stereocenters. The highest BCUT2D eigenvalue weighted by molar-refractivity contribution is 5.35. The zero-order valence-corrected chi connectivity index (χ0v) is 11.9. The van der Waals surface area contributed by atoms with Crippen molar-refractivity contribution in [2.45, 2.75) is 25.2 Å². The Labute approximate surface area is 120 Å². The summed E-state index contributed by atoms with van der Waals surface area (Å²) in [5, 5.41) is 9.57. The Morgan fingerprint density at radius 2 is 1.65 bits per heavy atom. The van der Waals surface area contributed by atoms with Crippen molar-refractivity contribution < 1.29 is 4.74 Å². The van der Waals surface area contributed by atoms with E-state index in [-0.39, 0.29) is 11.8 Å². The summed E-state index contributed by atoms with van der Waals surface area (Å²) >= 11 is 0. The standard InChI is InChI=1S/C18H19NO/c1-3-17(15-9-11-16(20-2)12-10-15)18(13-19)14-7-5-4-6-8-14/h4-12,17-18H,3H2,1-2H3/t17-,18+/m0/s1. The third kappa shape index (κ3) is 3.00. The van der Waals surface area contributed by atoms with E-state index in [0.717, 1.165) is 17.7 Å². The van der Waals surface area contributed by atoms with Gasteiger partial charge in [0.2, 0.25) is 0 Å². The summed E-state index contributed by atoms with van der Waals surface area (Å²) in [5.74, 6) is 0.930. The van der Waals surface area contributed by atoms with Crippen molar-refractivity contribution in [2.24, 2.45) is 0 Å². The summed E-state index contributed by atoms with van der Waals surface area (Å²) in [6.45, 7) is 2.13. The number of rotatable bonds is 5. The van der Waals surface area contributed by atoms with Gasteiger partial charge in [0.15, 0.2) is 0 Å². The van der Waals surface area contributed by atoms with Crippen molar-refractivity contribution in [1.82, 2.24) is 0 Å². The van der Waals surface area contributed by atoms with Gasteiger partial charge in [-0.1, -0.05) is 49.4 Å². The van der Waals surface area contributed by atoms with E-state index >= 15 is 0 Å². The average Bonchev–Trinajstić information content (AvgIpc) is 2.53. The minimum absolute atomic E-state index is 0.116. The van der Waals surface area contributed by atoms with Gasteiger partial charge in [-0.05, 0) is 29.7 Å². The maximum absolute atomic E-state index is 9.57. The van der Waals surface area contributed by atoms with Crippen LogP contribution in [0.25, 0.3) is 0 Å². The molecule has 0 bridgehead atoms. The first kappa shape index (κ1) is 14.1. The summed E-state index contributed by atoms with van der Waals surface area (Å²) in [6.07, 6.45) is 0.930. The SMILES string of the molecule is CC[C@@H](c1ccc(OC)cc1)[C@H](C#N)c1ccccc1. The Bertz CT molecular complexity index is 569. The molecule has 0 aliphatic rings. The van der Waals surface area contributed by atoms with E-state index in [9.17, 15) is 5.26 Å². The van der Waals surface area contributed by atoms with Crippen LogP contribution in [0.4, 0.5) is 0 Å². The fraction of sp³-hybridized carbons (Fsp3) is 0.278.